The molecule has 7 nitrogen and oxygen atoms in total. The van der Waals surface area contributed by atoms with E-state index >= 15 is 0 Å². The SMILES string of the molecule is FC(F)Cn1ncc2ncc(N3CC4(CCN(c5cncc(C(F)(F)F)c5)CC4)C3)nc21. The maximum absolute atomic E-state index is 13.0. The predicted octanol–water partition coefficient (Wildman–Crippen LogP) is 3.61. The van der Waals surface area contributed by atoms with Gasteiger partial charge in [0, 0.05) is 37.8 Å². The molecular weight excluding hydrogens is 433 g/mol. The highest BCUT2D eigenvalue weighted by molar-refractivity contribution is 5.71. The smallest absolute Gasteiger partial charge is 0.370 e. The van der Waals surface area contributed by atoms with Crippen LogP contribution in [0.4, 0.5) is 33.5 Å². The van der Waals surface area contributed by atoms with Gasteiger partial charge in [0.2, 0.25) is 0 Å². The topological polar surface area (TPSA) is 63.0 Å². The van der Waals surface area contributed by atoms with Crippen molar-refractivity contribution in [3.63, 3.8) is 0 Å². The van der Waals surface area contributed by atoms with E-state index < -0.39 is 24.7 Å². The Morgan fingerprint density at radius 3 is 2.44 bits per heavy atom. The fraction of sp³-hybridized carbons (Fsp3) is 0.500. The average molecular weight is 453 g/mol. The van der Waals surface area contributed by atoms with Crippen LogP contribution in [0.15, 0.2) is 30.9 Å². The second kappa shape index (κ2) is 7.52. The van der Waals surface area contributed by atoms with Gasteiger partial charge in [-0.1, -0.05) is 0 Å². The lowest BCUT2D eigenvalue weighted by atomic mass is 9.72. The maximum atomic E-state index is 13.0. The van der Waals surface area contributed by atoms with Gasteiger partial charge in [0.15, 0.2) is 5.65 Å². The molecule has 0 atom stereocenters. The van der Waals surface area contributed by atoms with Crippen molar-refractivity contribution < 1.29 is 22.0 Å². The summed E-state index contributed by atoms with van der Waals surface area (Å²) in [4.78, 5) is 16.5. The monoisotopic (exact) mass is 453 g/mol. The van der Waals surface area contributed by atoms with E-state index in [4.69, 9.17) is 0 Å². The van der Waals surface area contributed by atoms with E-state index in [1.165, 1.54) is 12.4 Å². The Morgan fingerprint density at radius 2 is 1.75 bits per heavy atom. The molecule has 2 saturated heterocycles. The third kappa shape index (κ3) is 3.82. The molecule has 2 aliphatic rings. The van der Waals surface area contributed by atoms with Crippen LogP contribution in [0.5, 0.6) is 0 Å². The summed E-state index contributed by atoms with van der Waals surface area (Å²) in [6, 6.07) is 1.14. The molecule has 0 aliphatic carbocycles. The summed E-state index contributed by atoms with van der Waals surface area (Å²) in [5.41, 5.74) is 0.591. The molecule has 5 heterocycles. The highest BCUT2D eigenvalue weighted by atomic mass is 19.4. The minimum absolute atomic E-state index is 0.0609. The highest BCUT2D eigenvalue weighted by Crippen LogP contribution is 2.43. The van der Waals surface area contributed by atoms with Crippen molar-refractivity contribution in [1.29, 1.82) is 0 Å². The highest BCUT2D eigenvalue weighted by Gasteiger charge is 2.45. The lowest BCUT2D eigenvalue weighted by Crippen LogP contribution is -2.60. The third-order valence-corrected chi connectivity index (χ3v) is 6.26. The Morgan fingerprint density at radius 1 is 1.00 bits per heavy atom. The van der Waals surface area contributed by atoms with Crippen molar-refractivity contribution in [2.45, 2.75) is 32.0 Å². The Labute approximate surface area is 179 Å². The predicted molar refractivity (Wildman–Crippen MR) is 107 cm³/mol. The van der Waals surface area contributed by atoms with Crippen LogP contribution in [-0.4, -0.2) is 57.3 Å². The van der Waals surface area contributed by atoms with E-state index in [1.807, 2.05) is 9.80 Å². The second-order valence-corrected chi connectivity index (χ2v) is 8.43. The fourth-order valence-electron chi connectivity index (χ4n) is 4.49. The summed E-state index contributed by atoms with van der Waals surface area (Å²) in [5, 5.41) is 3.93. The van der Waals surface area contributed by atoms with Crippen LogP contribution in [0.2, 0.25) is 0 Å². The number of aromatic nitrogens is 5. The number of anilines is 2. The molecule has 32 heavy (non-hydrogen) atoms. The molecule has 2 fully saturated rings. The molecule has 0 amide bonds. The lowest BCUT2D eigenvalue weighted by molar-refractivity contribution is -0.137. The van der Waals surface area contributed by atoms with E-state index in [-0.39, 0.29) is 5.41 Å². The van der Waals surface area contributed by atoms with Crippen molar-refractivity contribution in [2.24, 2.45) is 5.41 Å². The summed E-state index contributed by atoms with van der Waals surface area (Å²) in [5.74, 6) is 0.614. The van der Waals surface area contributed by atoms with Gasteiger partial charge in [-0.2, -0.15) is 18.3 Å². The van der Waals surface area contributed by atoms with Crippen molar-refractivity contribution in [3.8, 4) is 0 Å². The number of rotatable bonds is 4. The number of pyridine rings is 1. The molecule has 0 N–H and O–H groups in total. The molecule has 0 unspecified atom stereocenters. The molecule has 1 spiro atoms. The molecule has 2 aliphatic heterocycles. The molecular formula is C20H20F5N7. The lowest BCUT2D eigenvalue weighted by Gasteiger charge is -2.54. The fourth-order valence-corrected chi connectivity index (χ4v) is 4.49. The second-order valence-electron chi connectivity index (χ2n) is 8.43. The molecule has 3 aromatic rings. The van der Waals surface area contributed by atoms with E-state index in [0.29, 0.717) is 35.8 Å². The number of nitrogens with zero attached hydrogens (tertiary/aromatic N) is 7. The van der Waals surface area contributed by atoms with Gasteiger partial charge in [-0.3, -0.25) is 4.98 Å². The zero-order chi connectivity index (χ0) is 22.5. The number of piperidine rings is 1. The Bertz CT molecular complexity index is 1110. The van der Waals surface area contributed by atoms with Gasteiger partial charge in [0.1, 0.15) is 17.9 Å². The van der Waals surface area contributed by atoms with E-state index in [2.05, 4.69) is 20.1 Å². The summed E-state index contributed by atoms with van der Waals surface area (Å²) in [6.45, 7) is 2.23. The molecule has 170 valence electrons. The van der Waals surface area contributed by atoms with E-state index in [1.54, 1.807) is 6.20 Å². The van der Waals surface area contributed by atoms with Crippen molar-refractivity contribution >= 4 is 22.7 Å². The van der Waals surface area contributed by atoms with Crippen LogP contribution in [0.3, 0.4) is 0 Å². The van der Waals surface area contributed by atoms with Crippen LogP contribution < -0.4 is 9.80 Å². The Hall–Kier alpha value is -3.05. The first-order valence-corrected chi connectivity index (χ1v) is 10.2. The molecule has 0 radical (unpaired) electrons. The van der Waals surface area contributed by atoms with Gasteiger partial charge in [-0.15, -0.1) is 0 Å². The molecule has 3 aromatic heterocycles. The number of fused-ring (bicyclic) bond motifs is 1. The first kappa shape index (κ1) is 20.8. The molecule has 0 saturated carbocycles. The number of halogens is 5. The Balaban J connectivity index is 1.24. The molecule has 0 bridgehead atoms. The van der Waals surface area contributed by atoms with Crippen LogP contribution in [0, 0.1) is 5.41 Å². The zero-order valence-electron chi connectivity index (χ0n) is 16.9. The maximum Gasteiger partial charge on any atom is 0.417 e. The minimum Gasteiger partial charge on any atom is -0.370 e. The quantitative estimate of drug-likeness (QED) is 0.563. The van der Waals surface area contributed by atoms with Crippen LogP contribution >= 0.6 is 0 Å². The first-order valence-electron chi connectivity index (χ1n) is 10.2. The van der Waals surface area contributed by atoms with E-state index in [9.17, 15) is 22.0 Å². The number of alkyl halides is 5. The van der Waals surface area contributed by atoms with E-state index in [0.717, 1.165) is 42.9 Å². The van der Waals surface area contributed by atoms with Gasteiger partial charge in [-0.05, 0) is 18.9 Å². The zero-order valence-corrected chi connectivity index (χ0v) is 16.9. The minimum atomic E-state index is -4.42. The third-order valence-electron chi connectivity index (χ3n) is 6.26. The average Bonchev–Trinajstić information content (AvgIpc) is 3.13. The number of hydrogen-bond acceptors (Lipinski definition) is 6. The van der Waals surface area contributed by atoms with Crippen molar-refractivity contribution in [1.82, 2.24) is 24.7 Å². The van der Waals surface area contributed by atoms with Gasteiger partial charge in [0.05, 0.1) is 29.8 Å². The summed E-state index contributed by atoms with van der Waals surface area (Å²) in [6.07, 6.45) is 0.0569. The normalized spacial score (nSPS) is 18.6. The van der Waals surface area contributed by atoms with Crippen LogP contribution in [0.1, 0.15) is 18.4 Å². The largest absolute Gasteiger partial charge is 0.417 e. The Kier molecular flexibility index (Phi) is 4.90. The first-order chi connectivity index (χ1) is 15.2. The summed E-state index contributed by atoms with van der Waals surface area (Å²) in [7, 11) is 0. The van der Waals surface area contributed by atoms with Crippen molar-refractivity contribution in [3.05, 3.63) is 36.4 Å². The van der Waals surface area contributed by atoms with Gasteiger partial charge >= 0.3 is 6.18 Å². The summed E-state index contributed by atoms with van der Waals surface area (Å²) >= 11 is 0. The molecule has 12 heteroatoms. The molecule has 5 rings (SSSR count). The molecule has 0 aromatic carbocycles. The number of hydrogen-bond donors (Lipinski definition) is 0. The van der Waals surface area contributed by atoms with Crippen molar-refractivity contribution in [2.75, 3.05) is 36.0 Å². The standard InChI is InChI=1S/C20H20F5N7/c21-16(22)10-32-18-15(8-28-32)27-9-17(29-18)31-11-19(12-31)1-3-30(4-2-19)14-5-13(6-26-7-14)20(23,24)25/h5-9,16H,1-4,10-12H2. The summed E-state index contributed by atoms with van der Waals surface area (Å²) < 4.78 is 65.6. The van der Waals surface area contributed by atoms with Gasteiger partial charge < -0.3 is 9.80 Å². The van der Waals surface area contributed by atoms with Crippen LogP contribution in [0.25, 0.3) is 11.2 Å². The van der Waals surface area contributed by atoms with Gasteiger partial charge in [0.25, 0.3) is 6.43 Å². The van der Waals surface area contributed by atoms with Gasteiger partial charge in [-0.25, -0.2) is 23.4 Å². The van der Waals surface area contributed by atoms with Crippen LogP contribution in [-0.2, 0) is 12.7 Å².